The summed E-state index contributed by atoms with van der Waals surface area (Å²) in [6, 6.07) is 13.6. The number of benzene rings is 2. The molecule has 0 fully saturated rings. The van der Waals surface area contributed by atoms with Gasteiger partial charge in [0.15, 0.2) is 11.4 Å². The second kappa shape index (κ2) is 5.81. The first-order chi connectivity index (χ1) is 12.0. The molecule has 2 aromatic heterocycles. The van der Waals surface area contributed by atoms with Crippen LogP contribution in [0.25, 0.3) is 33.6 Å². The van der Waals surface area contributed by atoms with Gasteiger partial charge in [0.25, 0.3) is 0 Å². The molecule has 0 atom stereocenters. The minimum Gasteiger partial charge on any atom is -0.435 e. The Hall–Kier alpha value is -3.01. The van der Waals surface area contributed by atoms with Crippen LogP contribution in [0.2, 0.25) is 0 Å². The van der Waals surface area contributed by atoms with Crippen LogP contribution < -0.4 is 0 Å². The number of oxazole rings is 1. The summed E-state index contributed by atoms with van der Waals surface area (Å²) in [7, 11) is 0. The number of hydrogen-bond acceptors (Lipinski definition) is 4. The summed E-state index contributed by atoms with van der Waals surface area (Å²) in [6.07, 6.45) is 0.806. The van der Waals surface area contributed by atoms with Gasteiger partial charge in [-0.15, -0.1) is 0 Å². The standard InChI is InChI=1S/C21H18N2O2/c1-4-14-10-16-11-15(13(3)24)6-7-17(16)22-20(14)21-23-18-9-12(2)5-8-19(18)25-21/h5-11H,4H2,1-3H3. The normalized spacial score (nSPS) is 11.3. The van der Waals surface area contributed by atoms with Gasteiger partial charge in [0.2, 0.25) is 5.89 Å². The maximum atomic E-state index is 11.6. The van der Waals surface area contributed by atoms with Gasteiger partial charge in [-0.05, 0) is 67.8 Å². The molecule has 124 valence electrons. The number of aryl methyl sites for hydroxylation is 2. The van der Waals surface area contributed by atoms with Crippen LogP contribution >= 0.6 is 0 Å². The number of hydrogen-bond donors (Lipinski definition) is 0. The molecule has 4 nitrogen and oxygen atoms in total. The fourth-order valence-electron chi connectivity index (χ4n) is 3.03. The van der Waals surface area contributed by atoms with Gasteiger partial charge in [-0.25, -0.2) is 9.97 Å². The number of rotatable bonds is 3. The summed E-state index contributed by atoms with van der Waals surface area (Å²) in [6.45, 7) is 5.68. The fraction of sp³-hybridized carbons (Fsp3) is 0.190. The van der Waals surface area contributed by atoms with E-state index in [9.17, 15) is 4.79 Å². The van der Waals surface area contributed by atoms with Crippen LogP contribution in [0.5, 0.6) is 0 Å². The van der Waals surface area contributed by atoms with Gasteiger partial charge in [0.1, 0.15) is 11.2 Å². The first-order valence-corrected chi connectivity index (χ1v) is 8.37. The van der Waals surface area contributed by atoms with Gasteiger partial charge in [-0.3, -0.25) is 4.79 Å². The van der Waals surface area contributed by atoms with E-state index < -0.39 is 0 Å². The number of carbonyl (C=O) groups is 1. The third-order valence-electron chi connectivity index (χ3n) is 4.43. The molecule has 4 rings (SSSR count). The van der Waals surface area contributed by atoms with Gasteiger partial charge in [-0.1, -0.05) is 13.0 Å². The van der Waals surface area contributed by atoms with Crippen molar-refractivity contribution in [3.63, 3.8) is 0 Å². The largest absolute Gasteiger partial charge is 0.435 e. The van der Waals surface area contributed by atoms with E-state index in [2.05, 4.69) is 18.0 Å². The van der Waals surface area contributed by atoms with Crippen LogP contribution in [0.4, 0.5) is 0 Å². The lowest BCUT2D eigenvalue weighted by Crippen LogP contribution is -1.96. The lowest BCUT2D eigenvalue weighted by atomic mass is 10.0. The van der Waals surface area contributed by atoms with Crippen molar-refractivity contribution in [3.05, 3.63) is 59.2 Å². The Morgan fingerprint density at radius 1 is 1.04 bits per heavy atom. The highest BCUT2D eigenvalue weighted by molar-refractivity contribution is 5.98. The Bertz CT molecular complexity index is 1130. The summed E-state index contributed by atoms with van der Waals surface area (Å²) >= 11 is 0. The molecule has 0 aliphatic heterocycles. The van der Waals surface area contributed by atoms with Gasteiger partial charge in [0, 0.05) is 10.9 Å². The van der Waals surface area contributed by atoms with Gasteiger partial charge >= 0.3 is 0 Å². The average molecular weight is 330 g/mol. The first kappa shape index (κ1) is 15.5. The van der Waals surface area contributed by atoms with Crippen molar-refractivity contribution in [1.82, 2.24) is 9.97 Å². The lowest BCUT2D eigenvalue weighted by Gasteiger charge is -2.07. The molecular formula is C21H18N2O2. The highest BCUT2D eigenvalue weighted by Crippen LogP contribution is 2.29. The highest BCUT2D eigenvalue weighted by atomic mass is 16.3. The SMILES string of the molecule is CCc1cc2cc(C(C)=O)ccc2nc1-c1nc2cc(C)ccc2o1. The molecule has 0 aliphatic rings. The van der Waals surface area contributed by atoms with E-state index in [1.165, 1.54) is 0 Å². The quantitative estimate of drug-likeness (QED) is 0.489. The smallest absolute Gasteiger partial charge is 0.246 e. The number of ketones is 1. The summed E-state index contributed by atoms with van der Waals surface area (Å²) in [4.78, 5) is 21.0. The number of Topliss-reactive ketones (excluding diaryl/α,β-unsaturated/α-hetero) is 1. The Balaban J connectivity index is 1.92. The van der Waals surface area contributed by atoms with E-state index in [-0.39, 0.29) is 5.78 Å². The molecule has 0 amide bonds. The minimum atomic E-state index is 0.0540. The predicted octanol–water partition coefficient (Wildman–Crippen LogP) is 5.12. The number of nitrogens with zero attached hydrogens (tertiary/aromatic N) is 2. The summed E-state index contributed by atoms with van der Waals surface area (Å²) in [5.74, 6) is 0.591. The van der Waals surface area contributed by atoms with Crippen LogP contribution in [0.1, 0.15) is 35.3 Å². The first-order valence-electron chi connectivity index (χ1n) is 8.37. The van der Waals surface area contributed by atoms with Crippen molar-refractivity contribution in [2.45, 2.75) is 27.2 Å². The molecule has 0 unspecified atom stereocenters. The molecule has 0 saturated carbocycles. The van der Waals surface area contributed by atoms with Crippen molar-refractivity contribution in [2.24, 2.45) is 0 Å². The predicted molar refractivity (Wildman–Crippen MR) is 98.9 cm³/mol. The Morgan fingerprint density at radius 2 is 1.88 bits per heavy atom. The molecule has 0 spiro atoms. The summed E-state index contributed by atoms with van der Waals surface area (Å²) in [5, 5.41) is 0.959. The molecule has 0 aliphatic carbocycles. The van der Waals surface area contributed by atoms with Crippen LogP contribution in [0.3, 0.4) is 0 Å². The number of pyridine rings is 1. The average Bonchev–Trinajstić information content (AvgIpc) is 3.02. The molecule has 25 heavy (non-hydrogen) atoms. The second-order valence-corrected chi connectivity index (χ2v) is 6.30. The zero-order chi connectivity index (χ0) is 17.6. The number of aromatic nitrogens is 2. The molecular weight excluding hydrogens is 312 g/mol. The van der Waals surface area contributed by atoms with Crippen molar-refractivity contribution in [3.8, 4) is 11.6 Å². The van der Waals surface area contributed by atoms with E-state index in [1.54, 1.807) is 6.92 Å². The van der Waals surface area contributed by atoms with E-state index in [1.807, 2.05) is 43.3 Å². The van der Waals surface area contributed by atoms with Crippen molar-refractivity contribution < 1.29 is 9.21 Å². The van der Waals surface area contributed by atoms with Gasteiger partial charge in [-0.2, -0.15) is 0 Å². The van der Waals surface area contributed by atoms with Crippen molar-refractivity contribution in [1.29, 1.82) is 0 Å². The van der Waals surface area contributed by atoms with Crippen molar-refractivity contribution in [2.75, 3.05) is 0 Å². The molecule has 0 N–H and O–H groups in total. The maximum absolute atomic E-state index is 11.6. The van der Waals surface area contributed by atoms with Crippen LogP contribution in [0, 0.1) is 6.92 Å². The molecule has 0 bridgehead atoms. The van der Waals surface area contributed by atoms with Crippen LogP contribution in [0.15, 0.2) is 46.9 Å². The van der Waals surface area contributed by atoms with E-state index >= 15 is 0 Å². The highest BCUT2D eigenvalue weighted by Gasteiger charge is 2.15. The molecule has 2 heterocycles. The van der Waals surface area contributed by atoms with E-state index in [0.29, 0.717) is 11.5 Å². The third-order valence-corrected chi connectivity index (χ3v) is 4.43. The second-order valence-electron chi connectivity index (χ2n) is 6.30. The molecule has 4 heteroatoms. The summed E-state index contributed by atoms with van der Waals surface area (Å²) < 4.78 is 5.93. The van der Waals surface area contributed by atoms with Gasteiger partial charge in [0.05, 0.1) is 5.52 Å². The Labute approximate surface area is 145 Å². The Kier molecular flexibility index (Phi) is 3.61. The van der Waals surface area contributed by atoms with E-state index in [0.717, 1.165) is 45.2 Å². The van der Waals surface area contributed by atoms with Crippen molar-refractivity contribution >= 4 is 27.8 Å². The van der Waals surface area contributed by atoms with Crippen LogP contribution in [-0.4, -0.2) is 15.8 Å². The van der Waals surface area contributed by atoms with Crippen LogP contribution in [-0.2, 0) is 6.42 Å². The minimum absolute atomic E-state index is 0.0540. The van der Waals surface area contributed by atoms with E-state index in [4.69, 9.17) is 9.40 Å². The maximum Gasteiger partial charge on any atom is 0.246 e. The topological polar surface area (TPSA) is 56.0 Å². The molecule has 4 aromatic rings. The third kappa shape index (κ3) is 2.70. The zero-order valence-electron chi connectivity index (χ0n) is 14.5. The monoisotopic (exact) mass is 330 g/mol. The summed E-state index contributed by atoms with van der Waals surface area (Å²) in [5.41, 5.74) is 6.08. The Morgan fingerprint density at radius 3 is 2.64 bits per heavy atom. The molecule has 2 aromatic carbocycles. The molecule has 0 radical (unpaired) electrons. The fourth-order valence-corrected chi connectivity index (χ4v) is 3.03. The zero-order valence-corrected chi connectivity index (χ0v) is 14.5. The number of carbonyl (C=O) groups excluding carboxylic acids is 1. The number of fused-ring (bicyclic) bond motifs is 2. The molecule has 0 saturated heterocycles. The van der Waals surface area contributed by atoms with Gasteiger partial charge < -0.3 is 4.42 Å². The lowest BCUT2D eigenvalue weighted by molar-refractivity contribution is 0.101.